The Morgan fingerprint density at radius 2 is 1.40 bits per heavy atom. The molecule has 0 bridgehead atoms. The van der Waals surface area contributed by atoms with Crippen molar-refractivity contribution in [3.05, 3.63) is 69.8 Å². The van der Waals surface area contributed by atoms with Gasteiger partial charge in [0, 0.05) is 17.5 Å². The number of carbonyl (C=O) groups excluding carboxylic acids is 1. The fourth-order valence-electron chi connectivity index (χ4n) is 3.54. The Bertz CT molecular complexity index is 1140. The van der Waals surface area contributed by atoms with Crippen LogP contribution in [0.4, 0.5) is 0 Å². The topological polar surface area (TPSA) is 94.1 Å². The molecule has 0 saturated heterocycles. The van der Waals surface area contributed by atoms with Gasteiger partial charge in [-0.15, -0.1) is 0 Å². The van der Waals surface area contributed by atoms with Crippen LogP contribution in [0.2, 0.25) is 0 Å². The van der Waals surface area contributed by atoms with E-state index < -0.39 is 11.0 Å². The number of nitrogens with zero attached hydrogens (tertiary/aromatic N) is 3. The summed E-state index contributed by atoms with van der Waals surface area (Å²) in [5.41, 5.74) is 5.95. The molecule has 6 heteroatoms. The predicted molar refractivity (Wildman–Crippen MR) is 118 cm³/mol. The van der Waals surface area contributed by atoms with Crippen LogP contribution in [0.25, 0.3) is 0 Å². The number of hydrogen-bond acceptors (Lipinski definition) is 4. The molecule has 2 aromatic carbocycles. The SMILES string of the molecule is CC(C)(C)[S@@](=O)N=C1CCc2c(C#N)cccc21.N#Cc1cccc2c1CCC2=O. The lowest BCUT2D eigenvalue weighted by Crippen LogP contribution is -2.20. The number of Topliss-reactive ketones (excluding diaryl/α,β-unsaturated/α-hetero) is 1. The maximum absolute atomic E-state index is 12.0. The number of nitriles is 2. The minimum absolute atomic E-state index is 0.169. The van der Waals surface area contributed by atoms with Gasteiger partial charge in [0.05, 0.1) is 33.7 Å². The fourth-order valence-corrected chi connectivity index (χ4v) is 4.20. The van der Waals surface area contributed by atoms with Crippen LogP contribution >= 0.6 is 0 Å². The third kappa shape index (κ3) is 4.40. The number of carbonyl (C=O) groups is 1. The number of benzene rings is 2. The molecule has 30 heavy (non-hydrogen) atoms. The average molecular weight is 418 g/mol. The monoisotopic (exact) mass is 417 g/mol. The molecule has 0 N–H and O–H groups in total. The maximum Gasteiger partial charge on any atom is 0.163 e. The normalized spacial score (nSPS) is 16.7. The summed E-state index contributed by atoms with van der Waals surface area (Å²) in [4.78, 5) is 11.2. The van der Waals surface area contributed by atoms with E-state index in [-0.39, 0.29) is 10.5 Å². The largest absolute Gasteiger partial charge is 0.294 e. The summed E-state index contributed by atoms with van der Waals surface area (Å²) < 4.78 is 16.0. The standard InChI is InChI=1S/C14H16N2OS.C10H7NO/c1-14(2,3)18(17)16-13-8-7-11-10(9-15)5-4-6-12(11)13;11-6-7-2-1-3-9-8(7)4-5-10(9)12/h4-6H,7-8H2,1-3H3;1-3H,4-5H2/t18-;/m1./s1. The molecule has 4 rings (SSSR count). The molecule has 1 atom stereocenters. The van der Waals surface area contributed by atoms with Crippen LogP contribution in [-0.4, -0.2) is 20.5 Å². The summed E-state index contributed by atoms with van der Waals surface area (Å²) in [5.74, 6) is 0.169. The van der Waals surface area contributed by atoms with E-state index in [2.05, 4.69) is 16.5 Å². The van der Waals surface area contributed by atoms with Crippen LogP contribution in [0.1, 0.15) is 71.8 Å². The van der Waals surface area contributed by atoms with E-state index in [9.17, 15) is 9.00 Å². The minimum atomic E-state index is -1.24. The highest BCUT2D eigenvalue weighted by Gasteiger charge is 2.25. The Labute approximate surface area is 179 Å². The molecule has 2 aromatic rings. The molecule has 0 heterocycles. The number of ketones is 1. The van der Waals surface area contributed by atoms with E-state index in [4.69, 9.17) is 10.5 Å². The smallest absolute Gasteiger partial charge is 0.163 e. The second-order valence-corrected chi connectivity index (χ2v) is 10.1. The zero-order chi connectivity index (χ0) is 21.9. The lowest BCUT2D eigenvalue weighted by molar-refractivity contribution is 0.0994. The minimum Gasteiger partial charge on any atom is -0.294 e. The third-order valence-corrected chi connectivity index (χ3v) is 6.57. The molecule has 5 nitrogen and oxygen atoms in total. The molecule has 0 aliphatic heterocycles. The zero-order valence-corrected chi connectivity index (χ0v) is 18.2. The average Bonchev–Trinajstić information content (AvgIpc) is 3.31. The molecule has 0 unspecified atom stereocenters. The van der Waals surface area contributed by atoms with Gasteiger partial charge in [0.2, 0.25) is 0 Å². The van der Waals surface area contributed by atoms with E-state index in [1.807, 2.05) is 39.0 Å². The molecule has 2 aliphatic carbocycles. The van der Waals surface area contributed by atoms with Crippen molar-refractivity contribution in [3.8, 4) is 12.1 Å². The van der Waals surface area contributed by atoms with Crippen LogP contribution in [-0.2, 0) is 23.8 Å². The molecule has 152 valence electrons. The summed E-state index contributed by atoms with van der Waals surface area (Å²) in [6.45, 7) is 5.73. The van der Waals surface area contributed by atoms with Gasteiger partial charge in [-0.2, -0.15) is 14.9 Å². The first-order valence-electron chi connectivity index (χ1n) is 9.83. The third-order valence-electron chi connectivity index (χ3n) is 5.14. The van der Waals surface area contributed by atoms with Crippen molar-refractivity contribution in [2.24, 2.45) is 4.40 Å². The van der Waals surface area contributed by atoms with Crippen molar-refractivity contribution >= 4 is 22.5 Å². The molecule has 2 aliphatic rings. The van der Waals surface area contributed by atoms with Gasteiger partial charge in [0.25, 0.3) is 0 Å². The van der Waals surface area contributed by atoms with Gasteiger partial charge in [-0.05, 0) is 63.3 Å². The summed E-state index contributed by atoms with van der Waals surface area (Å²) >= 11 is 0. The van der Waals surface area contributed by atoms with Crippen molar-refractivity contribution in [1.82, 2.24) is 0 Å². The lowest BCUT2D eigenvalue weighted by Gasteiger charge is -2.14. The Morgan fingerprint density at radius 1 is 0.867 bits per heavy atom. The predicted octanol–water partition coefficient (Wildman–Crippen LogP) is 4.44. The Balaban J connectivity index is 0.000000184. The van der Waals surface area contributed by atoms with Gasteiger partial charge >= 0.3 is 0 Å². The Hall–Kier alpha value is -3.09. The van der Waals surface area contributed by atoms with Crippen LogP contribution in [0.5, 0.6) is 0 Å². The number of hydrogen-bond donors (Lipinski definition) is 0. The van der Waals surface area contributed by atoms with Gasteiger partial charge in [0.15, 0.2) is 5.78 Å². The number of rotatable bonds is 1. The first-order valence-corrected chi connectivity index (χ1v) is 10.9. The van der Waals surface area contributed by atoms with Crippen LogP contribution in [0.15, 0.2) is 40.8 Å². The summed E-state index contributed by atoms with van der Waals surface area (Å²) in [7, 11) is -1.24. The van der Waals surface area contributed by atoms with E-state index in [1.54, 1.807) is 18.2 Å². The summed E-state index contributed by atoms with van der Waals surface area (Å²) in [5, 5.41) is 17.8. The first-order chi connectivity index (χ1) is 14.3. The molecular formula is C24H23N3O2S. The second-order valence-electron chi connectivity index (χ2n) is 8.21. The van der Waals surface area contributed by atoms with Crippen LogP contribution < -0.4 is 0 Å². The van der Waals surface area contributed by atoms with Gasteiger partial charge in [-0.25, -0.2) is 4.21 Å². The van der Waals surface area contributed by atoms with Crippen LogP contribution in [0.3, 0.4) is 0 Å². The van der Waals surface area contributed by atoms with Gasteiger partial charge in [-0.3, -0.25) is 4.79 Å². The number of fused-ring (bicyclic) bond motifs is 2. The van der Waals surface area contributed by atoms with Gasteiger partial charge < -0.3 is 0 Å². The highest BCUT2D eigenvalue weighted by atomic mass is 32.2. The summed E-state index contributed by atoms with van der Waals surface area (Å²) in [6, 6.07) is 15.3. The van der Waals surface area contributed by atoms with Crippen molar-refractivity contribution in [2.75, 3.05) is 0 Å². The van der Waals surface area contributed by atoms with Gasteiger partial charge in [-0.1, -0.05) is 24.3 Å². The van der Waals surface area contributed by atoms with E-state index >= 15 is 0 Å². The van der Waals surface area contributed by atoms with E-state index in [1.165, 1.54) is 0 Å². The zero-order valence-electron chi connectivity index (χ0n) is 17.4. The highest BCUT2D eigenvalue weighted by molar-refractivity contribution is 7.85. The maximum atomic E-state index is 12.0. The summed E-state index contributed by atoms with van der Waals surface area (Å²) in [6.07, 6.45) is 2.89. The molecule has 0 amide bonds. The van der Waals surface area contributed by atoms with Crippen molar-refractivity contribution in [1.29, 1.82) is 10.5 Å². The molecule has 0 fully saturated rings. The lowest BCUT2D eigenvalue weighted by atomic mass is 10.0. The second kappa shape index (κ2) is 8.73. The highest BCUT2D eigenvalue weighted by Crippen LogP contribution is 2.27. The molecule has 0 spiro atoms. The van der Waals surface area contributed by atoms with Crippen LogP contribution in [0, 0.1) is 22.7 Å². The van der Waals surface area contributed by atoms with Crippen molar-refractivity contribution < 1.29 is 9.00 Å². The quantitative estimate of drug-likeness (QED) is 0.685. The fraction of sp³-hybridized carbons (Fsp3) is 0.333. The first kappa shape index (κ1) is 21.6. The Kier molecular flexibility index (Phi) is 6.29. The van der Waals surface area contributed by atoms with Crippen molar-refractivity contribution in [2.45, 2.75) is 51.2 Å². The molecule has 0 saturated carbocycles. The molecule has 0 radical (unpaired) electrons. The van der Waals surface area contributed by atoms with E-state index in [0.717, 1.165) is 47.2 Å². The van der Waals surface area contributed by atoms with Gasteiger partial charge in [0.1, 0.15) is 11.0 Å². The molecule has 0 aromatic heterocycles. The molecular weight excluding hydrogens is 394 g/mol. The van der Waals surface area contributed by atoms with Crippen molar-refractivity contribution in [3.63, 3.8) is 0 Å². The van der Waals surface area contributed by atoms with E-state index in [0.29, 0.717) is 17.5 Å². The Morgan fingerprint density at radius 3 is 1.97 bits per heavy atom.